The Kier molecular flexibility index (Phi) is 3.28. The molecular weight excluding hydrogens is 272 g/mol. The van der Waals surface area contributed by atoms with Crippen LogP contribution < -0.4 is 9.47 Å². The van der Waals surface area contributed by atoms with Crippen molar-refractivity contribution in [3.63, 3.8) is 0 Å². The van der Waals surface area contributed by atoms with E-state index in [0.717, 1.165) is 12.8 Å². The number of likely N-dealkylation sites (tertiary alicyclic amines) is 1. The van der Waals surface area contributed by atoms with Gasteiger partial charge in [0.15, 0.2) is 12.4 Å². The van der Waals surface area contributed by atoms with Gasteiger partial charge in [0.05, 0.1) is 11.6 Å². The van der Waals surface area contributed by atoms with Crippen LogP contribution in [-0.4, -0.2) is 34.2 Å². The van der Waals surface area contributed by atoms with E-state index < -0.39 is 17.7 Å². The third-order valence-corrected chi connectivity index (χ3v) is 4.32. The average Bonchev–Trinajstić information content (AvgIpc) is 2.42. The summed E-state index contributed by atoms with van der Waals surface area (Å²) in [5.41, 5.74) is -0.237. The Hall–Kier alpha value is -1.82. The molecule has 114 valence electrons. The third-order valence-electron chi connectivity index (χ3n) is 4.32. The van der Waals surface area contributed by atoms with Gasteiger partial charge in [0, 0.05) is 19.0 Å². The van der Waals surface area contributed by atoms with Crippen LogP contribution >= 0.6 is 0 Å². The molecule has 0 saturated carbocycles. The van der Waals surface area contributed by atoms with E-state index in [1.807, 2.05) is 0 Å². The molecule has 2 aliphatic rings. The Balaban J connectivity index is 2.08. The van der Waals surface area contributed by atoms with Crippen LogP contribution in [0.15, 0.2) is 18.5 Å². The zero-order valence-electron chi connectivity index (χ0n) is 12.3. The zero-order chi connectivity index (χ0) is 15.2. The van der Waals surface area contributed by atoms with Gasteiger partial charge in [-0.25, -0.2) is 0 Å². The summed E-state index contributed by atoms with van der Waals surface area (Å²) < 4.78 is 6.48. The molecule has 0 spiro atoms. The summed E-state index contributed by atoms with van der Waals surface area (Å²) in [5.74, 6) is 0.580. The summed E-state index contributed by atoms with van der Waals surface area (Å²) in [7, 11) is 0. The minimum atomic E-state index is -0.880. The number of ether oxygens (including phenoxy) is 1. The maximum Gasteiger partial charge on any atom is 0.223 e. The standard InChI is InChI=1S/C15H20N2O4/c1-15(2)14(19)13(17-7-4-3-5-12(17)18)10-9-16(20)8-6-11(10)21-15/h6,8-9,13-14,19H,3-5,7H2,1-2H3/t13-,14+/m0/s1. The number of carbonyl (C=O) groups is 1. The number of aliphatic hydroxyl groups excluding tert-OH is 1. The molecule has 6 heteroatoms. The highest BCUT2D eigenvalue weighted by atomic mass is 16.5. The molecule has 1 aromatic rings. The molecule has 3 rings (SSSR count). The number of aliphatic hydroxyl groups is 1. The summed E-state index contributed by atoms with van der Waals surface area (Å²) in [6.07, 6.45) is 4.15. The second-order valence-electron chi connectivity index (χ2n) is 6.26. The van der Waals surface area contributed by atoms with Crippen LogP contribution in [0.2, 0.25) is 0 Å². The van der Waals surface area contributed by atoms with Crippen molar-refractivity contribution in [3.05, 3.63) is 29.2 Å². The number of piperidine rings is 1. The molecule has 1 amide bonds. The highest BCUT2D eigenvalue weighted by Crippen LogP contribution is 2.43. The molecule has 1 aromatic heterocycles. The maximum absolute atomic E-state index is 12.2. The average molecular weight is 292 g/mol. The molecule has 0 bridgehead atoms. The molecule has 1 fully saturated rings. The number of nitrogens with zero attached hydrogens (tertiary/aromatic N) is 2. The van der Waals surface area contributed by atoms with E-state index in [0.29, 0.717) is 29.0 Å². The fourth-order valence-electron chi connectivity index (χ4n) is 3.15. The first kappa shape index (κ1) is 14.1. The number of aromatic nitrogens is 1. The molecule has 3 heterocycles. The van der Waals surface area contributed by atoms with Gasteiger partial charge in [0.1, 0.15) is 17.5 Å². The van der Waals surface area contributed by atoms with Gasteiger partial charge in [-0.15, -0.1) is 0 Å². The van der Waals surface area contributed by atoms with Gasteiger partial charge in [-0.2, -0.15) is 4.73 Å². The van der Waals surface area contributed by atoms with E-state index in [2.05, 4.69) is 0 Å². The number of rotatable bonds is 1. The van der Waals surface area contributed by atoms with Crippen molar-refractivity contribution in [1.82, 2.24) is 4.90 Å². The number of hydrogen-bond acceptors (Lipinski definition) is 4. The second kappa shape index (κ2) is 4.87. The van der Waals surface area contributed by atoms with E-state index in [1.165, 1.54) is 12.4 Å². The van der Waals surface area contributed by atoms with Crippen molar-refractivity contribution < 1.29 is 19.4 Å². The molecule has 0 unspecified atom stereocenters. The second-order valence-corrected chi connectivity index (χ2v) is 6.26. The van der Waals surface area contributed by atoms with Crippen molar-refractivity contribution in [2.45, 2.75) is 50.9 Å². The van der Waals surface area contributed by atoms with Gasteiger partial charge < -0.3 is 20.0 Å². The van der Waals surface area contributed by atoms with Gasteiger partial charge in [-0.1, -0.05) is 0 Å². The van der Waals surface area contributed by atoms with E-state index in [-0.39, 0.29) is 5.91 Å². The molecule has 6 nitrogen and oxygen atoms in total. The summed E-state index contributed by atoms with van der Waals surface area (Å²) in [5, 5.41) is 22.3. The van der Waals surface area contributed by atoms with Crippen LogP contribution in [0.1, 0.15) is 44.7 Å². The molecule has 0 radical (unpaired) electrons. The third kappa shape index (κ3) is 2.33. The number of carbonyl (C=O) groups excluding carboxylic acids is 1. The highest BCUT2D eigenvalue weighted by molar-refractivity contribution is 5.77. The van der Waals surface area contributed by atoms with Crippen molar-refractivity contribution in [2.75, 3.05) is 6.54 Å². The zero-order valence-corrected chi connectivity index (χ0v) is 12.3. The first-order valence-electron chi connectivity index (χ1n) is 7.29. The molecule has 2 aliphatic heterocycles. The number of fused-ring (bicyclic) bond motifs is 1. The Morgan fingerprint density at radius 2 is 2.24 bits per heavy atom. The van der Waals surface area contributed by atoms with Gasteiger partial charge >= 0.3 is 0 Å². The summed E-state index contributed by atoms with van der Waals surface area (Å²) in [6.45, 7) is 4.18. The van der Waals surface area contributed by atoms with Crippen molar-refractivity contribution in [1.29, 1.82) is 0 Å². The Morgan fingerprint density at radius 1 is 1.48 bits per heavy atom. The van der Waals surface area contributed by atoms with E-state index in [1.54, 1.807) is 24.8 Å². The highest BCUT2D eigenvalue weighted by Gasteiger charge is 2.48. The first-order chi connectivity index (χ1) is 9.90. The smallest absolute Gasteiger partial charge is 0.223 e. The van der Waals surface area contributed by atoms with E-state index >= 15 is 0 Å². The molecule has 0 aliphatic carbocycles. The largest absolute Gasteiger partial charge is 0.619 e. The lowest BCUT2D eigenvalue weighted by atomic mass is 9.85. The van der Waals surface area contributed by atoms with Gasteiger partial charge in [0.25, 0.3) is 0 Å². The monoisotopic (exact) mass is 292 g/mol. The number of pyridine rings is 1. The van der Waals surface area contributed by atoms with E-state index in [4.69, 9.17) is 4.74 Å². The molecule has 1 saturated heterocycles. The molecule has 0 aromatic carbocycles. The van der Waals surface area contributed by atoms with Crippen LogP contribution in [0.3, 0.4) is 0 Å². The maximum atomic E-state index is 12.2. The molecule has 21 heavy (non-hydrogen) atoms. The minimum Gasteiger partial charge on any atom is -0.619 e. The van der Waals surface area contributed by atoms with Crippen molar-refractivity contribution in [2.24, 2.45) is 0 Å². The summed E-state index contributed by atoms with van der Waals surface area (Å²) >= 11 is 0. The Labute approximate surface area is 123 Å². The van der Waals surface area contributed by atoms with E-state index in [9.17, 15) is 15.1 Å². The van der Waals surface area contributed by atoms with Gasteiger partial charge in [-0.05, 0) is 26.7 Å². The molecular formula is C15H20N2O4. The molecule has 1 N–H and O–H groups in total. The van der Waals surface area contributed by atoms with Crippen LogP contribution in [0.5, 0.6) is 5.75 Å². The predicted octanol–water partition coefficient (Wildman–Crippen LogP) is 0.905. The first-order valence-corrected chi connectivity index (χ1v) is 7.29. The van der Waals surface area contributed by atoms with Crippen LogP contribution in [-0.2, 0) is 4.79 Å². The quantitative estimate of drug-likeness (QED) is 0.616. The number of amides is 1. The van der Waals surface area contributed by atoms with Crippen LogP contribution in [0.4, 0.5) is 0 Å². The topological polar surface area (TPSA) is 76.7 Å². The van der Waals surface area contributed by atoms with Crippen LogP contribution in [0.25, 0.3) is 0 Å². The lowest BCUT2D eigenvalue weighted by Crippen LogP contribution is -2.56. The summed E-state index contributed by atoms with van der Waals surface area (Å²) in [6, 6.07) is 1.06. The fraction of sp³-hybridized carbons (Fsp3) is 0.600. The SMILES string of the molecule is CC1(C)Oc2cc[n+]([O-])cc2[C@H](N2CCCCC2=O)[C@H]1O. The van der Waals surface area contributed by atoms with Crippen LogP contribution in [0, 0.1) is 5.21 Å². The lowest BCUT2D eigenvalue weighted by molar-refractivity contribution is -0.606. The minimum absolute atomic E-state index is 0.0234. The van der Waals surface area contributed by atoms with Gasteiger partial charge in [0.2, 0.25) is 5.91 Å². The fourth-order valence-corrected chi connectivity index (χ4v) is 3.15. The molecule has 2 atom stereocenters. The lowest BCUT2D eigenvalue weighted by Gasteiger charge is -2.46. The number of hydrogen-bond donors (Lipinski definition) is 1. The summed E-state index contributed by atoms with van der Waals surface area (Å²) in [4.78, 5) is 13.9. The Bertz CT molecular complexity index is 573. The normalized spacial score (nSPS) is 28.0. The van der Waals surface area contributed by atoms with Crippen molar-refractivity contribution >= 4 is 5.91 Å². The predicted molar refractivity (Wildman–Crippen MR) is 74.4 cm³/mol. The van der Waals surface area contributed by atoms with Crippen molar-refractivity contribution in [3.8, 4) is 5.75 Å². The van der Waals surface area contributed by atoms with Gasteiger partial charge in [-0.3, -0.25) is 4.79 Å². The Morgan fingerprint density at radius 3 is 2.95 bits per heavy atom.